The molecule has 3 rings (SSSR count). The highest BCUT2D eigenvalue weighted by Gasteiger charge is 2.06. The molecule has 150 valence electrons. The maximum absolute atomic E-state index is 5.92. The van der Waals surface area contributed by atoms with Crippen molar-refractivity contribution >= 4 is 6.21 Å². The molecule has 3 aromatic carbocycles. The van der Waals surface area contributed by atoms with Crippen molar-refractivity contribution in [3.63, 3.8) is 0 Å². The highest BCUT2D eigenvalue weighted by molar-refractivity contribution is 5.80. The SMILES string of the molecule is COc1ccccc1CN/N=C\c1ccc(OCc2ccc(C)cc2)c(OC)c1. The first-order valence-electron chi connectivity index (χ1n) is 9.44. The van der Waals surface area contributed by atoms with Gasteiger partial charge in [0.2, 0.25) is 0 Å². The number of para-hydroxylation sites is 1. The Morgan fingerprint density at radius 3 is 2.38 bits per heavy atom. The molecule has 0 saturated carbocycles. The molecular formula is C24H26N2O3. The number of methoxy groups -OCH3 is 2. The molecule has 5 heteroatoms. The fraction of sp³-hybridized carbons (Fsp3) is 0.208. The van der Waals surface area contributed by atoms with E-state index in [1.54, 1.807) is 20.4 Å². The highest BCUT2D eigenvalue weighted by Crippen LogP contribution is 2.28. The van der Waals surface area contributed by atoms with Crippen LogP contribution in [0.15, 0.2) is 71.8 Å². The van der Waals surface area contributed by atoms with Gasteiger partial charge in [0.25, 0.3) is 0 Å². The largest absolute Gasteiger partial charge is 0.496 e. The molecule has 0 bridgehead atoms. The number of hydrogen-bond donors (Lipinski definition) is 1. The van der Waals surface area contributed by atoms with Crippen LogP contribution in [0.4, 0.5) is 0 Å². The summed E-state index contributed by atoms with van der Waals surface area (Å²) in [7, 11) is 3.30. The van der Waals surface area contributed by atoms with Crippen molar-refractivity contribution < 1.29 is 14.2 Å². The van der Waals surface area contributed by atoms with Gasteiger partial charge in [0.15, 0.2) is 11.5 Å². The van der Waals surface area contributed by atoms with E-state index < -0.39 is 0 Å². The smallest absolute Gasteiger partial charge is 0.161 e. The lowest BCUT2D eigenvalue weighted by molar-refractivity contribution is 0.284. The van der Waals surface area contributed by atoms with Crippen molar-refractivity contribution in [1.82, 2.24) is 5.43 Å². The van der Waals surface area contributed by atoms with Gasteiger partial charge in [0.1, 0.15) is 12.4 Å². The van der Waals surface area contributed by atoms with E-state index in [0.717, 1.165) is 22.4 Å². The molecule has 0 radical (unpaired) electrons. The third-order valence-corrected chi connectivity index (χ3v) is 4.47. The summed E-state index contributed by atoms with van der Waals surface area (Å²) in [5.74, 6) is 2.21. The fourth-order valence-corrected chi connectivity index (χ4v) is 2.83. The van der Waals surface area contributed by atoms with Crippen molar-refractivity contribution in [2.45, 2.75) is 20.1 Å². The average molecular weight is 390 g/mol. The van der Waals surface area contributed by atoms with Gasteiger partial charge in [-0.3, -0.25) is 0 Å². The molecule has 0 heterocycles. The summed E-state index contributed by atoms with van der Waals surface area (Å²) < 4.78 is 16.7. The number of rotatable bonds is 9. The molecule has 0 amide bonds. The van der Waals surface area contributed by atoms with E-state index in [2.05, 4.69) is 41.7 Å². The predicted octanol–water partition coefficient (Wildman–Crippen LogP) is 4.71. The highest BCUT2D eigenvalue weighted by atomic mass is 16.5. The molecule has 0 fully saturated rings. The molecule has 0 aliphatic heterocycles. The molecule has 0 saturated heterocycles. The Morgan fingerprint density at radius 2 is 1.62 bits per heavy atom. The normalized spacial score (nSPS) is 10.7. The lowest BCUT2D eigenvalue weighted by Crippen LogP contribution is -2.07. The van der Waals surface area contributed by atoms with Crippen molar-refractivity contribution in [3.05, 3.63) is 89.0 Å². The summed E-state index contributed by atoms with van der Waals surface area (Å²) in [5.41, 5.74) is 7.35. The summed E-state index contributed by atoms with van der Waals surface area (Å²) in [5, 5.41) is 4.29. The van der Waals surface area contributed by atoms with Gasteiger partial charge in [-0.15, -0.1) is 0 Å². The molecule has 1 N–H and O–H groups in total. The van der Waals surface area contributed by atoms with E-state index in [4.69, 9.17) is 14.2 Å². The monoisotopic (exact) mass is 390 g/mol. The minimum atomic E-state index is 0.491. The third kappa shape index (κ3) is 5.75. The van der Waals surface area contributed by atoms with Crippen molar-refractivity contribution in [2.24, 2.45) is 5.10 Å². The molecule has 29 heavy (non-hydrogen) atoms. The number of nitrogens with one attached hydrogen (secondary N) is 1. The molecule has 3 aromatic rings. The van der Waals surface area contributed by atoms with E-state index in [-0.39, 0.29) is 0 Å². The molecule has 0 atom stereocenters. The van der Waals surface area contributed by atoms with E-state index in [9.17, 15) is 0 Å². The van der Waals surface area contributed by atoms with Gasteiger partial charge in [0, 0.05) is 5.56 Å². The van der Waals surface area contributed by atoms with Crippen LogP contribution in [0.2, 0.25) is 0 Å². The number of ether oxygens (including phenoxy) is 3. The van der Waals surface area contributed by atoms with Crippen LogP contribution in [0.25, 0.3) is 0 Å². The molecule has 0 aliphatic carbocycles. The number of hydrogen-bond acceptors (Lipinski definition) is 5. The van der Waals surface area contributed by atoms with Crippen molar-refractivity contribution in [1.29, 1.82) is 0 Å². The van der Waals surface area contributed by atoms with Crippen LogP contribution in [0.1, 0.15) is 22.3 Å². The van der Waals surface area contributed by atoms with Crippen LogP contribution in [0.5, 0.6) is 17.2 Å². The average Bonchev–Trinajstić information content (AvgIpc) is 2.77. The molecule has 0 aliphatic rings. The second-order valence-corrected chi connectivity index (χ2v) is 6.59. The number of hydrazone groups is 1. The lowest BCUT2D eigenvalue weighted by atomic mass is 10.2. The zero-order valence-electron chi connectivity index (χ0n) is 17.0. The standard InChI is InChI=1S/C24H26N2O3/c1-18-8-10-19(11-9-18)17-29-23-13-12-20(14-24(23)28-3)15-25-26-16-21-6-4-5-7-22(21)27-2/h4-15,26H,16-17H2,1-3H3/b25-15-. The van der Waals surface area contributed by atoms with Crippen LogP contribution >= 0.6 is 0 Å². The first-order chi connectivity index (χ1) is 14.2. The molecule has 0 aromatic heterocycles. The Morgan fingerprint density at radius 1 is 0.862 bits per heavy atom. The Bertz CT molecular complexity index is 953. The number of aryl methyl sites for hydroxylation is 1. The van der Waals surface area contributed by atoms with E-state index in [1.807, 2.05) is 42.5 Å². The minimum absolute atomic E-state index is 0.491. The van der Waals surface area contributed by atoms with E-state index >= 15 is 0 Å². The quantitative estimate of drug-likeness (QED) is 0.424. The Kier molecular flexibility index (Phi) is 7.11. The summed E-state index contributed by atoms with van der Waals surface area (Å²) in [6, 6.07) is 21.9. The van der Waals surface area contributed by atoms with Crippen molar-refractivity contribution in [3.8, 4) is 17.2 Å². The summed E-state index contributed by atoms with van der Waals surface area (Å²) in [4.78, 5) is 0. The topological polar surface area (TPSA) is 52.1 Å². The molecule has 5 nitrogen and oxygen atoms in total. The molecule has 0 spiro atoms. The van der Waals surface area contributed by atoms with E-state index in [0.29, 0.717) is 24.7 Å². The third-order valence-electron chi connectivity index (χ3n) is 4.47. The molecule has 0 unspecified atom stereocenters. The van der Waals surface area contributed by atoms with Gasteiger partial charge >= 0.3 is 0 Å². The number of benzene rings is 3. The molecular weight excluding hydrogens is 364 g/mol. The van der Waals surface area contributed by atoms with Gasteiger partial charge in [-0.1, -0.05) is 48.0 Å². The first kappa shape index (κ1) is 20.3. The summed E-state index contributed by atoms with van der Waals surface area (Å²) in [6.07, 6.45) is 1.75. The Hall–Kier alpha value is -3.47. The van der Waals surface area contributed by atoms with E-state index in [1.165, 1.54) is 5.56 Å². The number of nitrogens with zero attached hydrogens (tertiary/aromatic N) is 1. The fourth-order valence-electron chi connectivity index (χ4n) is 2.83. The van der Waals surface area contributed by atoms with Gasteiger partial charge < -0.3 is 19.6 Å². The van der Waals surface area contributed by atoms with Crippen LogP contribution in [-0.2, 0) is 13.2 Å². The van der Waals surface area contributed by atoms with Crippen LogP contribution in [0.3, 0.4) is 0 Å². The Balaban J connectivity index is 1.59. The van der Waals surface area contributed by atoms with Gasteiger partial charge in [-0.2, -0.15) is 5.10 Å². The van der Waals surface area contributed by atoms with Gasteiger partial charge in [-0.25, -0.2) is 0 Å². The van der Waals surface area contributed by atoms with Gasteiger partial charge in [0.05, 0.1) is 27.0 Å². The first-order valence-corrected chi connectivity index (χ1v) is 9.44. The second kappa shape index (κ2) is 10.2. The maximum atomic E-state index is 5.92. The van der Waals surface area contributed by atoms with Crippen molar-refractivity contribution in [2.75, 3.05) is 14.2 Å². The lowest BCUT2D eigenvalue weighted by Gasteiger charge is -2.11. The zero-order chi connectivity index (χ0) is 20.5. The maximum Gasteiger partial charge on any atom is 0.161 e. The van der Waals surface area contributed by atoms with Gasteiger partial charge in [-0.05, 0) is 42.3 Å². The Labute approximate surface area is 171 Å². The zero-order valence-corrected chi connectivity index (χ0v) is 17.0. The summed E-state index contributed by atoms with van der Waals surface area (Å²) in [6.45, 7) is 3.14. The van der Waals surface area contributed by atoms with Crippen LogP contribution < -0.4 is 19.6 Å². The minimum Gasteiger partial charge on any atom is -0.496 e. The van der Waals surface area contributed by atoms with Crippen LogP contribution in [-0.4, -0.2) is 20.4 Å². The second-order valence-electron chi connectivity index (χ2n) is 6.59. The van der Waals surface area contributed by atoms with Crippen LogP contribution in [0, 0.1) is 6.92 Å². The summed E-state index contributed by atoms with van der Waals surface area (Å²) >= 11 is 0. The predicted molar refractivity (Wildman–Crippen MR) is 116 cm³/mol.